The van der Waals surface area contributed by atoms with Gasteiger partial charge in [-0.15, -0.1) is 6.58 Å². The molecule has 20 heavy (non-hydrogen) atoms. The van der Waals surface area contributed by atoms with Crippen molar-refractivity contribution in [1.82, 2.24) is 0 Å². The highest BCUT2D eigenvalue weighted by molar-refractivity contribution is 6.74. The van der Waals surface area contributed by atoms with E-state index >= 15 is 0 Å². The lowest BCUT2D eigenvalue weighted by molar-refractivity contribution is -0.000379. The molecule has 0 saturated heterocycles. The molecule has 0 aliphatic heterocycles. The molecule has 3 heteroatoms. The minimum atomic E-state index is -1.82. The van der Waals surface area contributed by atoms with Gasteiger partial charge in [-0.05, 0) is 30.5 Å². The highest BCUT2D eigenvalue weighted by atomic mass is 28.4. The average Bonchev–Trinajstić information content (AvgIpc) is 2.33. The van der Waals surface area contributed by atoms with Crippen molar-refractivity contribution >= 4 is 8.32 Å². The van der Waals surface area contributed by atoms with Gasteiger partial charge in [0.1, 0.15) is 0 Å². The van der Waals surface area contributed by atoms with Crippen LogP contribution in [0.2, 0.25) is 18.1 Å². The van der Waals surface area contributed by atoms with Gasteiger partial charge in [0.15, 0.2) is 8.32 Å². The Bertz CT molecular complexity index is 294. The third-order valence-corrected chi connectivity index (χ3v) is 9.51. The largest absolute Gasteiger partial charge is 0.413 e. The van der Waals surface area contributed by atoms with Crippen LogP contribution >= 0.6 is 0 Å². The van der Waals surface area contributed by atoms with Crippen molar-refractivity contribution in [1.29, 1.82) is 0 Å². The van der Waals surface area contributed by atoms with Gasteiger partial charge in [-0.3, -0.25) is 0 Å². The van der Waals surface area contributed by atoms with Crippen molar-refractivity contribution in [2.24, 2.45) is 11.8 Å². The van der Waals surface area contributed by atoms with Gasteiger partial charge in [-0.1, -0.05) is 54.0 Å². The quantitative estimate of drug-likeness (QED) is 0.505. The molecular formula is C17H36O2Si. The molecular weight excluding hydrogens is 264 g/mol. The number of aliphatic hydroxyl groups excluding tert-OH is 1. The van der Waals surface area contributed by atoms with Crippen LogP contribution in [0.15, 0.2) is 12.7 Å². The molecule has 0 unspecified atom stereocenters. The summed E-state index contributed by atoms with van der Waals surface area (Å²) in [4.78, 5) is 0. The van der Waals surface area contributed by atoms with E-state index in [0.717, 1.165) is 12.8 Å². The van der Waals surface area contributed by atoms with E-state index in [0.29, 0.717) is 5.92 Å². The Morgan fingerprint density at radius 3 is 2.10 bits per heavy atom. The van der Waals surface area contributed by atoms with E-state index in [2.05, 4.69) is 61.2 Å². The maximum Gasteiger partial charge on any atom is 0.192 e. The molecule has 0 rings (SSSR count). The first-order valence-electron chi connectivity index (χ1n) is 7.94. The van der Waals surface area contributed by atoms with Crippen molar-refractivity contribution < 1.29 is 9.53 Å². The maximum atomic E-state index is 10.5. The Morgan fingerprint density at radius 1 is 1.25 bits per heavy atom. The van der Waals surface area contributed by atoms with Crippen molar-refractivity contribution in [2.45, 2.75) is 84.7 Å². The summed E-state index contributed by atoms with van der Waals surface area (Å²) in [6.45, 7) is 21.5. The lowest BCUT2D eigenvalue weighted by Crippen LogP contribution is -2.47. The van der Waals surface area contributed by atoms with E-state index in [9.17, 15) is 5.11 Å². The van der Waals surface area contributed by atoms with Gasteiger partial charge in [-0.25, -0.2) is 0 Å². The molecule has 0 spiro atoms. The molecule has 0 radical (unpaired) electrons. The molecule has 0 amide bonds. The average molecular weight is 301 g/mol. The first-order valence-corrected chi connectivity index (χ1v) is 10.9. The third-order valence-electron chi connectivity index (χ3n) is 5.00. The standard InChI is InChI=1S/C17H36O2Si/c1-10-12-15(14(4)16(18)13(3)11-2)19-20(8,9)17(5,6)7/h10,13-16,18H,1,11-12H2,2-9H3/t13-,14-,15-,16-/m0/s1. The van der Waals surface area contributed by atoms with Crippen LogP contribution in [-0.2, 0) is 4.43 Å². The summed E-state index contributed by atoms with van der Waals surface area (Å²) in [6, 6.07) is 0. The van der Waals surface area contributed by atoms with E-state index in [4.69, 9.17) is 4.43 Å². The second kappa shape index (κ2) is 7.76. The van der Waals surface area contributed by atoms with E-state index in [-0.39, 0.29) is 23.2 Å². The molecule has 1 N–H and O–H groups in total. The summed E-state index contributed by atoms with van der Waals surface area (Å²) in [5, 5.41) is 10.7. The molecule has 4 atom stereocenters. The Labute approximate surface area is 127 Å². The second-order valence-electron chi connectivity index (χ2n) is 7.68. The number of hydrogen-bond acceptors (Lipinski definition) is 2. The summed E-state index contributed by atoms with van der Waals surface area (Å²) < 4.78 is 6.53. The maximum absolute atomic E-state index is 10.5. The number of aliphatic hydroxyl groups is 1. The van der Waals surface area contributed by atoms with Crippen LogP contribution in [0.4, 0.5) is 0 Å². The lowest BCUT2D eigenvalue weighted by Gasteiger charge is -2.42. The molecule has 0 aromatic carbocycles. The van der Waals surface area contributed by atoms with Crippen LogP contribution in [0.3, 0.4) is 0 Å². The predicted octanol–water partition coefficient (Wildman–Crippen LogP) is 5.00. The van der Waals surface area contributed by atoms with Crippen LogP contribution < -0.4 is 0 Å². The molecule has 0 aromatic rings. The highest BCUT2D eigenvalue weighted by Crippen LogP contribution is 2.39. The van der Waals surface area contributed by atoms with Crippen LogP contribution in [0.1, 0.15) is 54.4 Å². The first-order chi connectivity index (χ1) is 8.97. The normalized spacial score (nSPS) is 19.2. The Hall–Kier alpha value is -0.123. The minimum Gasteiger partial charge on any atom is -0.413 e. The Kier molecular flexibility index (Phi) is 7.72. The van der Waals surface area contributed by atoms with Gasteiger partial charge in [0, 0.05) is 5.92 Å². The van der Waals surface area contributed by atoms with Crippen molar-refractivity contribution in [3.05, 3.63) is 12.7 Å². The monoisotopic (exact) mass is 300 g/mol. The highest BCUT2D eigenvalue weighted by Gasteiger charge is 2.41. The van der Waals surface area contributed by atoms with Crippen molar-refractivity contribution in [3.8, 4) is 0 Å². The van der Waals surface area contributed by atoms with Crippen LogP contribution in [0.5, 0.6) is 0 Å². The molecule has 0 aliphatic carbocycles. The summed E-state index contributed by atoms with van der Waals surface area (Å²) in [6.07, 6.45) is 3.47. The first kappa shape index (κ1) is 19.9. The van der Waals surface area contributed by atoms with E-state index in [1.54, 1.807) is 0 Å². The third kappa shape index (κ3) is 5.34. The fraction of sp³-hybridized carbons (Fsp3) is 0.882. The molecule has 2 nitrogen and oxygen atoms in total. The second-order valence-corrected chi connectivity index (χ2v) is 12.4. The summed E-state index contributed by atoms with van der Waals surface area (Å²) in [7, 11) is -1.82. The zero-order chi connectivity index (χ0) is 16.1. The van der Waals surface area contributed by atoms with E-state index in [1.807, 2.05) is 6.08 Å². The van der Waals surface area contributed by atoms with E-state index < -0.39 is 8.32 Å². The molecule has 0 aromatic heterocycles. The Balaban J connectivity index is 5.02. The molecule has 0 fully saturated rings. The molecule has 0 bridgehead atoms. The van der Waals surface area contributed by atoms with Gasteiger partial charge >= 0.3 is 0 Å². The van der Waals surface area contributed by atoms with Gasteiger partial charge < -0.3 is 9.53 Å². The zero-order valence-electron chi connectivity index (χ0n) is 14.9. The molecule has 0 heterocycles. The predicted molar refractivity (Wildman–Crippen MR) is 91.5 cm³/mol. The summed E-state index contributed by atoms with van der Waals surface area (Å²) in [5.41, 5.74) is 0. The van der Waals surface area contributed by atoms with Crippen LogP contribution in [0.25, 0.3) is 0 Å². The fourth-order valence-electron chi connectivity index (χ4n) is 2.07. The van der Waals surface area contributed by atoms with E-state index in [1.165, 1.54) is 0 Å². The van der Waals surface area contributed by atoms with Crippen LogP contribution in [-0.4, -0.2) is 25.6 Å². The summed E-state index contributed by atoms with van der Waals surface area (Å²) in [5.74, 6) is 0.442. The fourth-order valence-corrected chi connectivity index (χ4v) is 3.49. The number of rotatable bonds is 8. The molecule has 0 saturated carbocycles. The smallest absolute Gasteiger partial charge is 0.192 e. The van der Waals surface area contributed by atoms with Gasteiger partial charge in [-0.2, -0.15) is 0 Å². The summed E-state index contributed by atoms with van der Waals surface area (Å²) >= 11 is 0. The zero-order valence-corrected chi connectivity index (χ0v) is 15.9. The number of hydrogen-bond donors (Lipinski definition) is 1. The van der Waals surface area contributed by atoms with Crippen LogP contribution in [0, 0.1) is 11.8 Å². The van der Waals surface area contributed by atoms with Crippen molar-refractivity contribution in [2.75, 3.05) is 0 Å². The molecule has 120 valence electrons. The minimum absolute atomic E-state index is 0.0670. The van der Waals surface area contributed by atoms with Gasteiger partial charge in [0.2, 0.25) is 0 Å². The van der Waals surface area contributed by atoms with Crippen molar-refractivity contribution in [3.63, 3.8) is 0 Å². The topological polar surface area (TPSA) is 29.5 Å². The lowest BCUT2D eigenvalue weighted by atomic mass is 9.87. The Morgan fingerprint density at radius 2 is 1.75 bits per heavy atom. The molecule has 0 aliphatic rings. The SMILES string of the molecule is C=CC[C@H](O[Si](C)(C)C(C)(C)C)[C@H](C)[C@@H](O)[C@@H](C)CC. The van der Waals surface area contributed by atoms with Gasteiger partial charge in [0.05, 0.1) is 12.2 Å². The van der Waals surface area contributed by atoms with Gasteiger partial charge in [0.25, 0.3) is 0 Å².